The molecule has 0 aliphatic carbocycles. The maximum absolute atomic E-state index is 10.2. The largest absolute Gasteiger partial charge is 0.458 e. The Morgan fingerprint density at radius 1 is 1.17 bits per heavy atom. The number of aliphatic hydroxyl groups is 2. The molecular formula is C15H20O3. The van der Waals surface area contributed by atoms with E-state index in [4.69, 9.17) is 4.42 Å². The minimum Gasteiger partial charge on any atom is -0.458 e. The second-order valence-corrected chi connectivity index (χ2v) is 5.90. The highest BCUT2D eigenvalue weighted by molar-refractivity contribution is 5.80. The van der Waals surface area contributed by atoms with Crippen LogP contribution in [0.1, 0.15) is 38.2 Å². The van der Waals surface area contributed by atoms with Gasteiger partial charge in [-0.25, -0.2) is 0 Å². The van der Waals surface area contributed by atoms with Crippen molar-refractivity contribution in [2.24, 2.45) is 5.41 Å². The molecule has 1 aromatic carbocycles. The summed E-state index contributed by atoms with van der Waals surface area (Å²) in [4.78, 5) is 0. The number of benzene rings is 1. The summed E-state index contributed by atoms with van der Waals surface area (Å²) < 4.78 is 5.67. The molecular weight excluding hydrogens is 228 g/mol. The fourth-order valence-electron chi connectivity index (χ4n) is 2.00. The van der Waals surface area contributed by atoms with Crippen molar-refractivity contribution in [3.8, 4) is 0 Å². The van der Waals surface area contributed by atoms with Crippen LogP contribution in [0, 0.1) is 12.3 Å². The topological polar surface area (TPSA) is 53.6 Å². The van der Waals surface area contributed by atoms with E-state index in [0.717, 1.165) is 16.5 Å². The van der Waals surface area contributed by atoms with Crippen LogP contribution in [0.2, 0.25) is 0 Å². The number of para-hydroxylation sites is 1. The molecule has 0 aliphatic heterocycles. The van der Waals surface area contributed by atoms with Crippen molar-refractivity contribution in [2.45, 2.75) is 39.9 Å². The van der Waals surface area contributed by atoms with Crippen LogP contribution in [0.4, 0.5) is 0 Å². The molecule has 0 saturated heterocycles. The first kappa shape index (κ1) is 13.1. The summed E-state index contributed by atoms with van der Waals surface area (Å²) in [6, 6.07) is 7.64. The van der Waals surface area contributed by atoms with Gasteiger partial charge in [-0.15, -0.1) is 0 Å². The molecule has 2 aromatic rings. The lowest BCUT2D eigenvalue weighted by Crippen LogP contribution is -2.32. The van der Waals surface area contributed by atoms with Gasteiger partial charge in [-0.05, 0) is 24.0 Å². The third-order valence-corrected chi connectivity index (χ3v) is 3.24. The second kappa shape index (κ2) is 4.41. The Kier molecular flexibility index (Phi) is 3.21. The zero-order chi connectivity index (χ0) is 13.5. The predicted octanol–water partition coefficient (Wildman–Crippen LogP) is 3.18. The zero-order valence-corrected chi connectivity index (χ0v) is 11.3. The minimum absolute atomic E-state index is 0.395. The molecule has 0 spiro atoms. The van der Waals surface area contributed by atoms with E-state index < -0.39 is 17.6 Å². The highest BCUT2D eigenvalue weighted by Gasteiger charge is 2.32. The van der Waals surface area contributed by atoms with E-state index >= 15 is 0 Å². The van der Waals surface area contributed by atoms with E-state index in [2.05, 4.69) is 0 Å². The maximum atomic E-state index is 10.2. The smallest absolute Gasteiger partial charge is 0.138 e. The van der Waals surface area contributed by atoms with Gasteiger partial charge in [-0.3, -0.25) is 0 Å². The van der Waals surface area contributed by atoms with E-state index in [0.29, 0.717) is 5.76 Å². The van der Waals surface area contributed by atoms with Crippen LogP contribution in [0.25, 0.3) is 11.0 Å². The molecule has 2 atom stereocenters. The fraction of sp³-hybridized carbons (Fsp3) is 0.467. The molecule has 1 aromatic heterocycles. The standard InChI is InChI=1S/C15H20O3/c1-9-6-5-7-10-8-11(18-13(9)10)12(16)14(17)15(2,3)4/h5-8,12,14,16-17H,1-4H3. The molecule has 2 N–H and O–H groups in total. The van der Waals surface area contributed by atoms with Crippen LogP contribution in [0.3, 0.4) is 0 Å². The molecule has 0 bridgehead atoms. The van der Waals surface area contributed by atoms with Crippen molar-refractivity contribution in [2.75, 3.05) is 0 Å². The van der Waals surface area contributed by atoms with Gasteiger partial charge in [0, 0.05) is 5.39 Å². The van der Waals surface area contributed by atoms with Gasteiger partial charge in [0.2, 0.25) is 0 Å². The van der Waals surface area contributed by atoms with Gasteiger partial charge < -0.3 is 14.6 Å². The predicted molar refractivity (Wildman–Crippen MR) is 71.4 cm³/mol. The fourth-order valence-corrected chi connectivity index (χ4v) is 2.00. The van der Waals surface area contributed by atoms with E-state index in [9.17, 15) is 10.2 Å². The lowest BCUT2D eigenvalue weighted by atomic mass is 9.85. The van der Waals surface area contributed by atoms with Crippen molar-refractivity contribution >= 4 is 11.0 Å². The third kappa shape index (κ3) is 2.28. The quantitative estimate of drug-likeness (QED) is 0.858. The highest BCUT2D eigenvalue weighted by Crippen LogP contribution is 2.33. The van der Waals surface area contributed by atoms with Crippen molar-refractivity contribution in [1.82, 2.24) is 0 Å². The molecule has 0 aliphatic rings. The summed E-state index contributed by atoms with van der Waals surface area (Å²) >= 11 is 0. The summed E-state index contributed by atoms with van der Waals surface area (Å²) in [6.07, 6.45) is -1.87. The molecule has 3 nitrogen and oxygen atoms in total. The first-order chi connectivity index (χ1) is 8.30. The SMILES string of the molecule is Cc1cccc2cc(C(O)C(O)C(C)(C)C)oc12. The average molecular weight is 248 g/mol. The van der Waals surface area contributed by atoms with E-state index in [1.165, 1.54) is 0 Å². The van der Waals surface area contributed by atoms with Crippen LogP contribution >= 0.6 is 0 Å². The monoisotopic (exact) mass is 248 g/mol. The lowest BCUT2D eigenvalue weighted by Gasteiger charge is -2.28. The average Bonchev–Trinajstić information content (AvgIpc) is 2.71. The summed E-state index contributed by atoms with van der Waals surface area (Å²) in [7, 11) is 0. The number of rotatable bonds is 2. The Morgan fingerprint density at radius 3 is 2.39 bits per heavy atom. The summed E-state index contributed by atoms with van der Waals surface area (Å²) in [5.74, 6) is 0.418. The van der Waals surface area contributed by atoms with Crippen LogP contribution in [-0.4, -0.2) is 16.3 Å². The number of aryl methyl sites for hydroxylation is 1. The first-order valence-corrected chi connectivity index (χ1v) is 6.16. The van der Waals surface area contributed by atoms with Crippen LogP contribution in [0.5, 0.6) is 0 Å². The third-order valence-electron chi connectivity index (χ3n) is 3.24. The molecule has 2 unspecified atom stereocenters. The zero-order valence-electron chi connectivity index (χ0n) is 11.3. The Morgan fingerprint density at radius 2 is 1.83 bits per heavy atom. The number of fused-ring (bicyclic) bond motifs is 1. The Bertz CT molecular complexity index is 548. The molecule has 0 fully saturated rings. The summed E-state index contributed by atoms with van der Waals surface area (Å²) in [6.45, 7) is 7.61. The normalized spacial score (nSPS) is 15.9. The maximum Gasteiger partial charge on any atom is 0.138 e. The van der Waals surface area contributed by atoms with E-state index in [-0.39, 0.29) is 0 Å². The van der Waals surface area contributed by atoms with Crippen molar-refractivity contribution in [3.63, 3.8) is 0 Å². The number of furan rings is 1. The van der Waals surface area contributed by atoms with Gasteiger partial charge >= 0.3 is 0 Å². The molecule has 1 heterocycles. The first-order valence-electron chi connectivity index (χ1n) is 6.16. The highest BCUT2D eigenvalue weighted by atomic mass is 16.4. The number of hydrogen-bond donors (Lipinski definition) is 2. The van der Waals surface area contributed by atoms with Gasteiger partial charge in [0.1, 0.15) is 17.4 Å². The van der Waals surface area contributed by atoms with Crippen molar-refractivity contribution in [3.05, 3.63) is 35.6 Å². The summed E-state index contributed by atoms with van der Waals surface area (Å²) in [5, 5.41) is 21.2. The molecule has 3 heteroatoms. The molecule has 98 valence electrons. The van der Waals surface area contributed by atoms with Gasteiger partial charge in [0.15, 0.2) is 0 Å². The summed E-state index contributed by atoms with van der Waals surface area (Å²) in [5.41, 5.74) is 1.40. The number of hydrogen-bond acceptors (Lipinski definition) is 3. The Hall–Kier alpha value is -1.32. The van der Waals surface area contributed by atoms with Crippen molar-refractivity contribution in [1.29, 1.82) is 0 Å². The Balaban J connectivity index is 2.40. The van der Waals surface area contributed by atoms with Gasteiger partial charge in [0.25, 0.3) is 0 Å². The second-order valence-electron chi connectivity index (χ2n) is 5.90. The Labute approximate surface area is 107 Å². The van der Waals surface area contributed by atoms with Gasteiger partial charge in [-0.1, -0.05) is 39.0 Å². The molecule has 0 amide bonds. The minimum atomic E-state index is -1.00. The number of aliphatic hydroxyl groups excluding tert-OH is 2. The van der Waals surface area contributed by atoms with Crippen molar-refractivity contribution < 1.29 is 14.6 Å². The van der Waals surface area contributed by atoms with Crippen LogP contribution in [0.15, 0.2) is 28.7 Å². The van der Waals surface area contributed by atoms with E-state index in [1.54, 1.807) is 6.07 Å². The van der Waals surface area contributed by atoms with Crippen LogP contribution < -0.4 is 0 Å². The molecule has 18 heavy (non-hydrogen) atoms. The molecule has 0 radical (unpaired) electrons. The molecule has 0 saturated carbocycles. The van der Waals surface area contributed by atoms with E-state index in [1.807, 2.05) is 45.9 Å². The van der Waals surface area contributed by atoms with Gasteiger partial charge in [-0.2, -0.15) is 0 Å². The lowest BCUT2D eigenvalue weighted by molar-refractivity contribution is -0.0541. The molecule has 2 rings (SSSR count). The van der Waals surface area contributed by atoms with Crippen LogP contribution in [-0.2, 0) is 0 Å². The van der Waals surface area contributed by atoms with Gasteiger partial charge in [0.05, 0.1) is 6.10 Å².